The molecule has 0 amide bonds. The number of rotatable bonds is 4. The van der Waals surface area contributed by atoms with Gasteiger partial charge < -0.3 is 9.88 Å². The van der Waals surface area contributed by atoms with Gasteiger partial charge in [0.05, 0.1) is 12.1 Å². The molecular weight excluding hydrogens is 274 g/mol. The molecule has 6 heteroatoms. The quantitative estimate of drug-likeness (QED) is 0.800. The minimum absolute atomic E-state index is 0.660. The number of hydrogen-bond donors (Lipinski definition) is 1. The van der Waals surface area contributed by atoms with Crippen molar-refractivity contribution in [2.75, 3.05) is 0 Å². The Morgan fingerprint density at radius 2 is 2.15 bits per heavy atom. The molecule has 1 aromatic carbocycles. The Morgan fingerprint density at radius 3 is 2.95 bits per heavy atom. The molecule has 102 valence electrons. The van der Waals surface area contributed by atoms with E-state index in [9.17, 15) is 0 Å². The fourth-order valence-electron chi connectivity index (χ4n) is 2.12. The third-order valence-corrected chi connectivity index (χ3v) is 3.53. The molecule has 0 atom stereocenters. The number of pyridine rings is 1. The van der Waals surface area contributed by atoms with Crippen LogP contribution in [0.25, 0.3) is 10.9 Å². The lowest BCUT2D eigenvalue weighted by atomic mass is 10.1. The number of nitrogens with zero attached hydrogens (tertiary/aromatic N) is 4. The van der Waals surface area contributed by atoms with Gasteiger partial charge in [0.15, 0.2) is 0 Å². The first kappa shape index (κ1) is 13.0. The Kier molecular flexibility index (Phi) is 3.62. The van der Waals surface area contributed by atoms with Crippen molar-refractivity contribution < 1.29 is 0 Å². The number of aromatic nitrogens is 4. The zero-order valence-electron chi connectivity index (χ0n) is 11.0. The molecule has 5 nitrogen and oxygen atoms in total. The molecule has 0 aliphatic carbocycles. The van der Waals surface area contributed by atoms with Crippen LogP contribution in [0, 0.1) is 0 Å². The van der Waals surface area contributed by atoms with Crippen LogP contribution >= 0.6 is 11.6 Å². The van der Waals surface area contributed by atoms with E-state index in [4.69, 9.17) is 11.6 Å². The molecular formula is C14H14ClN5. The smallest absolute Gasteiger partial charge is 0.146 e. The lowest BCUT2D eigenvalue weighted by Gasteiger charge is -2.08. The molecule has 0 spiro atoms. The van der Waals surface area contributed by atoms with Crippen LogP contribution < -0.4 is 5.32 Å². The topological polar surface area (TPSA) is 55.6 Å². The van der Waals surface area contributed by atoms with Crippen LogP contribution in [0.15, 0.2) is 36.8 Å². The Bertz CT molecular complexity index is 737. The summed E-state index contributed by atoms with van der Waals surface area (Å²) in [5.41, 5.74) is 2.05. The Labute approximate surface area is 121 Å². The van der Waals surface area contributed by atoms with E-state index < -0.39 is 0 Å². The van der Waals surface area contributed by atoms with E-state index in [0.29, 0.717) is 13.1 Å². The molecule has 0 saturated carbocycles. The summed E-state index contributed by atoms with van der Waals surface area (Å²) in [6.45, 7) is 1.37. The highest BCUT2D eigenvalue weighted by Gasteiger charge is 2.06. The first-order chi connectivity index (χ1) is 9.75. The predicted octanol–water partition coefficient (Wildman–Crippen LogP) is 2.31. The fraction of sp³-hybridized carbons (Fsp3) is 0.214. The van der Waals surface area contributed by atoms with E-state index in [2.05, 4.69) is 20.5 Å². The molecule has 1 N–H and O–H groups in total. The summed E-state index contributed by atoms with van der Waals surface area (Å²) in [5, 5.41) is 12.9. The van der Waals surface area contributed by atoms with E-state index >= 15 is 0 Å². The molecule has 2 heterocycles. The van der Waals surface area contributed by atoms with Gasteiger partial charge in [-0.05, 0) is 23.8 Å². The highest BCUT2D eigenvalue weighted by atomic mass is 35.5. The summed E-state index contributed by atoms with van der Waals surface area (Å²) in [4.78, 5) is 4.42. The lowest BCUT2D eigenvalue weighted by molar-refractivity contribution is 0.639. The Hall–Kier alpha value is -1.98. The van der Waals surface area contributed by atoms with Gasteiger partial charge in [-0.1, -0.05) is 17.7 Å². The van der Waals surface area contributed by atoms with Gasteiger partial charge in [-0.2, -0.15) is 0 Å². The maximum Gasteiger partial charge on any atom is 0.146 e. The van der Waals surface area contributed by atoms with Gasteiger partial charge in [0, 0.05) is 30.2 Å². The average Bonchev–Trinajstić information content (AvgIpc) is 2.87. The molecule has 0 unspecified atom stereocenters. The van der Waals surface area contributed by atoms with Gasteiger partial charge in [-0.15, -0.1) is 10.2 Å². The second kappa shape index (κ2) is 5.56. The van der Waals surface area contributed by atoms with Crippen LogP contribution in [-0.2, 0) is 20.1 Å². The number of fused-ring (bicyclic) bond motifs is 1. The van der Waals surface area contributed by atoms with Gasteiger partial charge in [0.1, 0.15) is 12.2 Å². The number of halogens is 1. The van der Waals surface area contributed by atoms with E-state index in [1.807, 2.05) is 35.9 Å². The third kappa shape index (κ3) is 2.50. The number of hydrogen-bond acceptors (Lipinski definition) is 4. The van der Waals surface area contributed by atoms with Crippen molar-refractivity contribution >= 4 is 22.5 Å². The fourth-order valence-corrected chi connectivity index (χ4v) is 2.33. The predicted molar refractivity (Wildman–Crippen MR) is 78.3 cm³/mol. The minimum Gasteiger partial charge on any atom is -0.320 e. The monoisotopic (exact) mass is 287 g/mol. The number of nitrogens with one attached hydrogen (secondary N) is 1. The second-order valence-corrected chi connectivity index (χ2v) is 4.97. The molecule has 0 bridgehead atoms. The van der Waals surface area contributed by atoms with Gasteiger partial charge in [-0.25, -0.2) is 0 Å². The van der Waals surface area contributed by atoms with Crippen LogP contribution in [0.4, 0.5) is 0 Å². The maximum atomic E-state index is 6.18. The van der Waals surface area contributed by atoms with Crippen LogP contribution in [0.2, 0.25) is 5.02 Å². The van der Waals surface area contributed by atoms with Crippen molar-refractivity contribution in [3.05, 3.63) is 53.2 Å². The summed E-state index contributed by atoms with van der Waals surface area (Å²) >= 11 is 6.18. The van der Waals surface area contributed by atoms with Crippen LogP contribution in [-0.4, -0.2) is 19.7 Å². The molecule has 0 aliphatic heterocycles. The SMILES string of the molecule is Cn1cnnc1CNCc1ccc(Cl)c2cccnc12. The van der Waals surface area contributed by atoms with Crippen molar-refractivity contribution in [3.63, 3.8) is 0 Å². The zero-order valence-corrected chi connectivity index (χ0v) is 11.8. The van der Waals surface area contributed by atoms with Crippen molar-refractivity contribution in [2.45, 2.75) is 13.1 Å². The molecule has 0 fully saturated rings. The highest BCUT2D eigenvalue weighted by Crippen LogP contribution is 2.24. The van der Waals surface area contributed by atoms with E-state index in [1.165, 1.54) is 0 Å². The van der Waals surface area contributed by atoms with Crippen LogP contribution in [0.1, 0.15) is 11.4 Å². The van der Waals surface area contributed by atoms with E-state index in [0.717, 1.165) is 27.3 Å². The van der Waals surface area contributed by atoms with E-state index in [1.54, 1.807) is 12.5 Å². The summed E-state index contributed by atoms with van der Waals surface area (Å²) in [6.07, 6.45) is 3.47. The Balaban J connectivity index is 1.78. The van der Waals surface area contributed by atoms with Crippen molar-refractivity contribution in [1.82, 2.24) is 25.1 Å². The molecule has 3 aromatic rings. The molecule has 0 radical (unpaired) electrons. The lowest BCUT2D eigenvalue weighted by Crippen LogP contribution is -2.16. The molecule has 0 aliphatic rings. The standard InChI is InChI=1S/C14H14ClN5/c1-20-9-18-19-13(20)8-16-7-10-4-5-12(15)11-3-2-6-17-14(10)11/h2-6,9,16H,7-8H2,1H3. The maximum absolute atomic E-state index is 6.18. The largest absolute Gasteiger partial charge is 0.320 e. The second-order valence-electron chi connectivity index (χ2n) is 4.57. The van der Waals surface area contributed by atoms with Gasteiger partial charge >= 0.3 is 0 Å². The first-order valence-corrected chi connectivity index (χ1v) is 6.69. The minimum atomic E-state index is 0.660. The van der Waals surface area contributed by atoms with Gasteiger partial charge in [0.25, 0.3) is 0 Å². The summed E-state index contributed by atoms with van der Waals surface area (Å²) in [6, 6.07) is 7.79. The van der Waals surface area contributed by atoms with Gasteiger partial charge in [-0.3, -0.25) is 4.98 Å². The highest BCUT2D eigenvalue weighted by molar-refractivity contribution is 6.35. The first-order valence-electron chi connectivity index (χ1n) is 6.31. The number of aryl methyl sites for hydroxylation is 1. The van der Waals surface area contributed by atoms with E-state index in [-0.39, 0.29) is 0 Å². The van der Waals surface area contributed by atoms with Crippen molar-refractivity contribution in [3.8, 4) is 0 Å². The Morgan fingerprint density at radius 1 is 1.25 bits per heavy atom. The number of benzene rings is 1. The van der Waals surface area contributed by atoms with Crippen LogP contribution in [0.5, 0.6) is 0 Å². The molecule has 3 rings (SSSR count). The van der Waals surface area contributed by atoms with Gasteiger partial charge in [0.2, 0.25) is 0 Å². The third-order valence-electron chi connectivity index (χ3n) is 3.20. The summed E-state index contributed by atoms with van der Waals surface area (Å²) in [5.74, 6) is 0.899. The molecule has 2 aromatic heterocycles. The van der Waals surface area contributed by atoms with Crippen LogP contribution in [0.3, 0.4) is 0 Å². The van der Waals surface area contributed by atoms with Crippen molar-refractivity contribution in [1.29, 1.82) is 0 Å². The summed E-state index contributed by atoms with van der Waals surface area (Å²) < 4.78 is 1.89. The summed E-state index contributed by atoms with van der Waals surface area (Å²) in [7, 11) is 1.93. The average molecular weight is 288 g/mol. The zero-order chi connectivity index (χ0) is 13.9. The van der Waals surface area contributed by atoms with Crippen molar-refractivity contribution in [2.24, 2.45) is 7.05 Å². The molecule has 20 heavy (non-hydrogen) atoms. The normalized spacial score (nSPS) is 11.1. The molecule has 0 saturated heterocycles.